The molecule has 18 heavy (non-hydrogen) atoms. The third-order valence-electron chi connectivity index (χ3n) is 2.66. The fourth-order valence-electron chi connectivity index (χ4n) is 1.48. The number of benzene rings is 1. The number of hydrogen-bond acceptors (Lipinski definition) is 3. The lowest BCUT2D eigenvalue weighted by Crippen LogP contribution is -2.29. The number of sulfonamides is 1. The Bertz CT molecular complexity index is 525. The molecule has 0 aromatic heterocycles. The summed E-state index contributed by atoms with van der Waals surface area (Å²) in [5.41, 5.74) is 0.933. The van der Waals surface area contributed by atoms with Crippen LogP contribution in [-0.2, 0) is 21.2 Å². The number of aryl methyl sites for hydroxylation is 1. The highest BCUT2D eigenvalue weighted by Crippen LogP contribution is 2.16. The van der Waals surface area contributed by atoms with Crippen LogP contribution in [0.1, 0.15) is 18.9 Å². The van der Waals surface area contributed by atoms with Gasteiger partial charge in [-0.1, -0.05) is 19.1 Å². The first-order valence-electron chi connectivity index (χ1n) is 5.65. The van der Waals surface area contributed by atoms with Crippen LogP contribution in [0, 0.1) is 0 Å². The first-order valence-corrected chi connectivity index (χ1v) is 7.09. The van der Waals surface area contributed by atoms with Gasteiger partial charge in [-0.05, 0) is 24.1 Å². The quantitative estimate of drug-likeness (QED) is 0.847. The summed E-state index contributed by atoms with van der Waals surface area (Å²) in [5, 5.41) is 8.56. The Hall–Kier alpha value is -1.40. The fraction of sp³-hybridized carbons (Fsp3) is 0.417. The molecule has 0 saturated heterocycles. The van der Waals surface area contributed by atoms with E-state index in [0.29, 0.717) is 0 Å². The van der Waals surface area contributed by atoms with E-state index in [1.807, 2.05) is 13.0 Å². The molecule has 1 aromatic rings. The molecule has 5 nitrogen and oxygen atoms in total. The minimum absolute atomic E-state index is 0.0337. The fourth-order valence-corrected chi connectivity index (χ4v) is 2.72. The molecule has 1 rings (SSSR count). The van der Waals surface area contributed by atoms with Crippen molar-refractivity contribution in [3.63, 3.8) is 0 Å². The summed E-state index contributed by atoms with van der Waals surface area (Å²) in [5.74, 6) is -1.01. The van der Waals surface area contributed by atoms with Gasteiger partial charge in [0.25, 0.3) is 0 Å². The summed E-state index contributed by atoms with van der Waals surface area (Å²) in [7, 11) is -2.21. The molecule has 100 valence electrons. The first-order chi connectivity index (χ1) is 8.37. The lowest BCUT2D eigenvalue weighted by molar-refractivity contribution is -0.137. The highest BCUT2D eigenvalue weighted by atomic mass is 32.2. The van der Waals surface area contributed by atoms with Gasteiger partial charge in [0.2, 0.25) is 10.0 Å². The molecule has 0 atom stereocenters. The summed E-state index contributed by atoms with van der Waals surface area (Å²) in [4.78, 5) is 10.6. The van der Waals surface area contributed by atoms with Gasteiger partial charge in [0, 0.05) is 13.6 Å². The minimum atomic E-state index is -3.60. The van der Waals surface area contributed by atoms with Gasteiger partial charge in [0.15, 0.2) is 0 Å². The Balaban J connectivity index is 2.94. The molecular formula is C12H17NO4S. The van der Waals surface area contributed by atoms with E-state index in [2.05, 4.69) is 0 Å². The van der Waals surface area contributed by atoms with Crippen LogP contribution in [0.15, 0.2) is 29.2 Å². The van der Waals surface area contributed by atoms with E-state index in [1.165, 1.54) is 13.1 Å². The predicted octanol–water partition coefficient (Wildman–Crippen LogP) is 1.34. The molecule has 1 aromatic carbocycles. The third kappa shape index (κ3) is 3.54. The normalized spacial score (nSPS) is 11.7. The topological polar surface area (TPSA) is 74.7 Å². The van der Waals surface area contributed by atoms with Gasteiger partial charge in [-0.2, -0.15) is 0 Å². The molecule has 0 aliphatic heterocycles. The molecule has 0 amide bonds. The third-order valence-corrected chi connectivity index (χ3v) is 4.51. The lowest BCUT2D eigenvalue weighted by Gasteiger charge is -2.16. The van der Waals surface area contributed by atoms with Crippen LogP contribution in [0.2, 0.25) is 0 Å². The summed E-state index contributed by atoms with van der Waals surface area (Å²) in [6.07, 6.45) is 0.547. The second kappa shape index (κ2) is 5.97. The number of carbonyl (C=O) groups is 1. The molecule has 0 saturated carbocycles. The Morgan fingerprint density at radius 2 is 2.06 bits per heavy atom. The number of carboxylic acids is 1. The molecule has 0 fully saturated rings. The molecule has 0 bridgehead atoms. The summed E-state index contributed by atoms with van der Waals surface area (Å²) in [6, 6.07) is 6.69. The van der Waals surface area contributed by atoms with Crippen molar-refractivity contribution >= 4 is 16.0 Å². The number of aliphatic carboxylic acids is 1. The number of carboxylic acid groups (broad SMARTS) is 1. The molecular weight excluding hydrogens is 254 g/mol. The van der Waals surface area contributed by atoms with Crippen LogP contribution in [0.4, 0.5) is 0 Å². The first kappa shape index (κ1) is 14.7. The van der Waals surface area contributed by atoms with Gasteiger partial charge < -0.3 is 5.11 Å². The van der Waals surface area contributed by atoms with E-state index in [4.69, 9.17) is 5.11 Å². The lowest BCUT2D eigenvalue weighted by atomic mass is 10.2. The maximum Gasteiger partial charge on any atom is 0.304 e. The maximum atomic E-state index is 12.1. The highest BCUT2D eigenvalue weighted by molar-refractivity contribution is 7.89. The van der Waals surface area contributed by atoms with Crippen LogP contribution in [0.5, 0.6) is 0 Å². The van der Waals surface area contributed by atoms with Crippen LogP contribution in [0.25, 0.3) is 0 Å². The van der Waals surface area contributed by atoms with Crippen LogP contribution < -0.4 is 0 Å². The van der Waals surface area contributed by atoms with Gasteiger partial charge in [-0.25, -0.2) is 12.7 Å². The Labute approximate surface area is 107 Å². The van der Waals surface area contributed by atoms with Crippen molar-refractivity contribution < 1.29 is 18.3 Å². The highest BCUT2D eigenvalue weighted by Gasteiger charge is 2.21. The number of nitrogens with zero attached hydrogens (tertiary/aromatic N) is 1. The van der Waals surface area contributed by atoms with Crippen LogP contribution >= 0.6 is 0 Å². The van der Waals surface area contributed by atoms with Crippen molar-refractivity contribution in [2.75, 3.05) is 13.6 Å². The smallest absolute Gasteiger partial charge is 0.304 e. The van der Waals surface area contributed by atoms with Crippen molar-refractivity contribution in [3.05, 3.63) is 29.8 Å². The van der Waals surface area contributed by atoms with Crippen molar-refractivity contribution in [1.82, 2.24) is 4.31 Å². The standard InChI is InChI=1S/C12H17NO4S/c1-3-10-5-4-6-11(9-10)18(16,17)13(2)8-7-12(14)15/h4-6,9H,3,7-8H2,1-2H3,(H,14,15). The van der Waals surface area contributed by atoms with Gasteiger partial charge >= 0.3 is 5.97 Å². The molecule has 1 N–H and O–H groups in total. The second-order valence-electron chi connectivity index (χ2n) is 3.97. The molecule has 0 aliphatic rings. The Morgan fingerprint density at radius 3 is 2.61 bits per heavy atom. The number of rotatable bonds is 6. The SMILES string of the molecule is CCc1cccc(S(=O)(=O)N(C)CCC(=O)O)c1. The Kier molecular flexibility index (Phi) is 4.86. The molecule has 0 aliphatic carbocycles. The predicted molar refractivity (Wildman–Crippen MR) is 67.9 cm³/mol. The summed E-state index contributed by atoms with van der Waals surface area (Å²) in [6.45, 7) is 1.91. The van der Waals surface area contributed by atoms with E-state index >= 15 is 0 Å². The summed E-state index contributed by atoms with van der Waals surface area (Å²) < 4.78 is 25.4. The van der Waals surface area contributed by atoms with E-state index in [1.54, 1.807) is 12.1 Å². The molecule has 0 spiro atoms. The van der Waals surface area contributed by atoms with Crippen LogP contribution in [0.3, 0.4) is 0 Å². The van der Waals surface area contributed by atoms with Gasteiger partial charge in [0.05, 0.1) is 11.3 Å². The van der Waals surface area contributed by atoms with Crippen molar-refractivity contribution in [3.8, 4) is 0 Å². The van der Waals surface area contributed by atoms with Gasteiger partial charge in [-0.15, -0.1) is 0 Å². The van der Waals surface area contributed by atoms with Crippen molar-refractivity contribution in [2.45, 2.75) is 24.7 Å². The Morgan fingerprint density at radius 1 is 1.39 bits per heavy atom. The summed E-state index contributed by atoms with van der Waals surface area (Å²) >= 11 is 0. The zero-order valence-electron chi connectivity index (χ0n) is 10.5. The maximum absolute atomic E-state index is 12.1. The molecule has 0 unspecified atom stereocenters. The zero-order chi connectivity index (χ0) is 13.8. The van der Waals surface area contributed by atoms with E-state index < -0.39 is 16.0 Å². The van der Waals surface area contributed by atoms with E-state index in [0.717, 1.165) is 16.3 Å². The average Bonchev–Trinajstić information content (AvgIpc) is 2.35. The molecule has 0 heterocycles. The monoisotopic (exact) mass is 271 g/mol. The minimum Gasteiger partial charge on any atom is -0.481 e. The van der Waals surface area contributed by atoms with E-state index in [-0.39, 0.29) is 17.9 Å². The van der Waals surface area contributed by atoms with Crippen LogP contribution in [-0.4, -0.2) is 37.4 Å². The average molecular weight is 271 g/mol. The van der Waals surface area contributed by atoms with Crippen molar-refractivity contribution in [2.24, 2.45) is 0 Å². The number of hydrogen-bond donors (Lipinski definition) is 1. The zero-order valence-corrected chi connectivity index (χ0v) is 11.3. The van der Waals surface area contributed by atoms with Gasteiger partial charge in [0.1, 0.15) is 0 Å². The van der Waals surface area contributed by atoms with E-state index in [9.17, 15) is 13.2 Å². The molecule has 6 heteroatoms. The second-order valence-corrected chi connectivity index (χ2v) is 6.02. The molecule has 0 radical (unpaired) electrons. The van der Waals surface area contributed by atoms with Crippen molar-refractivity contribution in [1.29, 1.82) is 0 Å². The largest absolute Gasteiger partial charge is 0.481 e. The van der Waals surface area contributed by atoms with Gasteiger partial charge in [-0.3, -0.25) is 4.79 Å².